The van der Waals surface area contributed by atoms with Gasteiger partial charge in [-0.15, -0.1) is 0 Å². The van der Waals surface area contributed by atoms with Gasteiger partial charge in [0.2, 0.25) is 0 Å². The summed E-state index contributed by atoms with van der Waals surface area (Å²) in [6.07, 6.45) is 4.73. The van der Waals surface area contributed by atoms with Crippen LogP contribution in [0, 0.1) is 5.82 Å². The monoisotopic (exact) mass is 274 g/mol. The number of aryl methyl sites for hydroxylation is 1. The molecule has 1 N–H and O–H groups in total. The van der Waals surface area contributed by atoms with E-state index < -0.39 is 0 Å². The van der Waals surface area contributed by atoms with Crippen molar-refractivity contribution in [1.29, 1.82) is 0 Å². The summed E-state index contributed by atoms with van der Waals surface area (Å²) in [5.41, 5.74) is 1.12. The second kappa shape index (κ2) is 5.71. The molecule has 1 aliphatic rings. The fraction of sp³-hybridized carbons (Fsp3) is 0.467. The van der Waals surface area contributed by atoms with Crippen molar-refractivity contribution in [2.24, 2.45) is 7.05 Å². The van der Waals surface area contributed by atoms with Crippen LogP contribution in [0.5, 0.6) is 0 Å². The number of rotatable bonds is 5. The number of aromatic nitrogens is 3. The predicted octanol–water partition coefficient (Wildman–Crippen LogP) is 2.03. The van der Waals surface area contributed by atoms with E-state index in [9.17, 15) is 4.39 Å². The molecular weight excluding hydrogens is 255 g/mol. The third-order valence-corrected chi connectivity index (χ3v) is 3.89. The molecule has 4 nitrogen and oxygen atoms in total. The van der Waals surface area contributed by atoms with Gasteiger partial charge in [0, 0.05) is 26.1 Å². The summed E-state index contributed by atoms with van der Waals surface area (Å²) in [5, 5.41) is 7.76. The maximum atomic E-state index is 13.1. The Morgan fingerprint density at radius 1 is 1.40 bits per heavy atom. The third-order valence-electron chi connectivity index (χ3n) is 3.89. The number of hydrogen-bond acceptors (Lipinski definition) is 3. The predicted molar refractivity (Wildman–Crippen MR) is 74.9 cm³/mol. The first-order valence-electron chi connectivity index (χ1n) is 7.04. The molecule has 0 spiro atoms. The number of nitrogens with zero attached hydrogens (tertiary/aromatic N) is 3. The summed E-state index contributed by atoms with van der Waals surface area (Å²) in [7, 11) is 1.87. The lowest BCUT2D eigenvalue weighted by atomic mass is 9.76. The van der Waals surface area contributed by atoms with E-state index in [0.717, 1.165) is 37.2 Å². The summed E-state index contributed by atoms with van der Waals surface area (Å²) in [5.74, 6) is 1.23. The van der Waals surface area contributed by atoms with Gasteiger partial charge < -0.3 is 5.32 Å². The van der Waals surface area contributed by atoms with E-state index >= 15 is 0 Å². The molecular formula is C15H19FN4. The summed E-state index contributed by atoms with van der Waals surface area (Å²) in [6.45, 7) is 0.893. The first-order valence-corrected chi connectivity index (χ1v) is 7.04. The average molecular weight is 274 g/mol. The zero-order valence-electron chi connectivity index (χ0n) is 11.6. The van der Waals surface area contributed by atoms with E-state index in [1.165, 1.54) is 6.07 Å². The highest BCUT2D eigenvalue weighted by atomic mass is 19.1. The number of benzene rings is 1. The van der Waals surface area contributed by atoms with Crippen molar-refractivity contribution in [3.8, 4) is 0 Å². The molecule has 0 amide bonds. The van der Waals surface area contributed by atoms with Crippen LogP contribution in [0.2, 0.25) is 0 Å². The molecule has 0 atom stereocenters. The number of hydrogen-bond donors (Lipinski definition) is 1. The van der Waals surface area contributed by atoms with E-state index in [1.54, 1.807) is 23.1 Å². The Bertz CT molecular complexity index is 575. The Labute approximate surface area is 118 Å². The van der Waals surface area contributed by atoms with Crippen LogP contribution in [0.1, 0.15) is 30.1 Å². The van der Waals surface area contributed by atoms with Gasteiger partial charge in [0.05, 0.1) is 0 Å². The van der Waals surface area contributed by atoms with Crippen LogP contribution >= 0.6 is 0 Å². The third kappa shape index (κ3) is 3.04. The zero-order chi connectivity index (χ0) is 13.9. The molecule has 20 heavy (non-hydrogen) atoms. The highest BCUT2D eigenvalue weighted by Gasteiger charge is 2.29. The van der Waals surface area contributed by atoms with Gasteiger partial charge in [-0.25, -0.2) is 9.37 Å². The summed E-state index contributed by atoms with van der Waals surface area (Å²) >= 11 is 0. The second-order valence-corrected chi connectivity index (χ2v) is 5.46. The summed E-state index contributed by atoms with van der Waals surface area (Å²) in [4.78, 5) is 4.20. The lowest BCUT2D eigenvalue weighted by Gasteiger charge is -2.36. The first-order chi connectivity index (χ1) is 9.70. The molecule has 0 aliphatic heterocycles. The van der Waals surface area contributed by atoms with Crippen LogP contribution in [0.3, 0.4) is 0 Å². The number of halogens is 1. The van der Waals surface area contributed by atoms with Crippen LogP contribution in [-0.4, -0.2) is 27.4 Å². The van der Waals surface area contributed by atoms with Gasteiger partial charge in [0.15, 0.2) is 5.82 Å². The van der Waals surface area contributed by atoms with E-state index in [2.05, 4.69) is 15.4 Å². The van der Waals surface area contributed by atoms with Gasteiger partial charge in [0.1, 0.15) is 12.1 Å². The molecule has 0 radical (unpaired) electrons. The Kier molecular flexibility index (Phi) is 3.78. The Morgan fingerprint density at radius 3 is 2.95 bits per heavy atom. The summed E-state index contributed by atoms with van der Waals surface area (Å²) < 4.78 is 14.9. The summed E-state index contributed by atoms with van der Waals surface area (Å²) in [6, 6.07) is 7.49. The van der Waals surface area contributed by atoms with Crippen LogP contribution < -0.4 is 5.32 Å². The van der Waals surface area contributed by atoms with E-state index in [4.69, 9.17) is 0 Å². The van der Waals surface area contributed by atoms with Crippen LogP contribution in [0.4, 0.5) is 4.39 Å². The van der Waals surface area contributed by atoms with Gasteiger partial charge in [0.25, 0.3) is 0 Å². The maximum Gasteiger partial charge on any atom is 0.151 e. The molecule has 0 unspecified atom stereocenters. The van der Waals surface area contributed by atoms with Crippen molar-refractivity contribution < 1.29 is 4.39 Å². The Morgan fingerprint density at radius 2 is 2.25 bits per heavy atom. The van der Waals surface area contributed by atoms with Gasteiger partial charge >= 0.3 is 0 Å². The van der Waals surface area contributed by atoms with Gasteiger partial charge in [-0.05, 0) is 36.5 Å². The van der Waals surface area contributed by atoms with Crippen molar-refractivity contribution in [2.75, 3.05) is 6.54 Å². The normalized spacial score (nSPS) is 21.7. The molecule has 106 valence electrons. The minimum absolute atomic E-state index is 0.139. The van der Waals surface area contributed by atoms with Crippen LogP contribution in [0.25, 0.3) is 0 Å². The molecule has 1 fully saturated rings. The van der Waals surface area contributed by atoms with Crippen molar-refractivity contribution in [2.45, 2.75) is 31.2 Å². The lowest BCUT2D eigenvalue weighted by Crippen LogP contribution is -2.41. The van der Waals surface area contributed by atoms with Crippen molar-refractivity contribution in [1.82, 2.24) is 20.1 Å². The highest BCUT2D eigenvalue weighted by molar-refractivity contribution is 5.23. The fourth-order valence-corrected chi connectivity index (χ4v) is 2.70. The molecule has 0 saturated heterocycles. The molecule has 0 bridgehead atoms. The van der Waals surface area contributed by atoms with Crippen molar-refractivity contribution >= 4 is 0 Å². The highest BCUT2D eigenvalue weighted by Crippen LogP contribution is 2.36. The van der Waals surface area contributed by atoms with E-state index in [0.29, 0.717) is 12.0 Å². The van der Waals surface area contributed by atoms with E-state index in [1.807, 2.05) is 13.1 Å². The first kappa shape index (κ1) is 13.2. The minimum Gasteiger partial charge on any atom is -0.313 e. The lowest BCUT2D eigenvalue weighted by molar-refractivity contribution is 0.291. The van der Waals surface area contributed by atoms with Crippen molar-refractivity contribution in [3.05, 3.63) is 47.8 Å². The fourth-order valence-electron chi connectivity index (χ4n) is 2.70. The topological polar surface area (TPSA) is 42.7 Å². The van der Waals surface area contributed by atoms with Gasteiger partial charge in [-0.3, -0.25) is 4.68 Å². The molecule has 1 aliphatic carbocycles. The SMILES string of the molecule is Cn1cnc(CCNC2CC(c3cccc(F)c3)C2)n1. The van der Waals surface area contributed by atoms with E-state index in [-0.39, 0.29) is 5.82 Å². The smallest absolute Gasteiger partial charge is 0.151 e. The maximum absolute atomic E-state index is 13.1. The quantitative estimate of drug-likeness (QED) is 0.907. The minimum atomic E-state index is -0.139. The molecule has 1 heterocycles. The molecule has 1 saturated carbocycles. The molecule has 5 heteroatoms. The molecule has 1 aromatic heterocycles. The second-order valence-electron chi connectivity index (χ2n) is 5.46. The standard InChI is InChI=1S/C15H19FN4/c1-20-10-18-15(19-20)5-6-17-14-8-12(9-14)11-3-2-4-13(16)7-11/h2-4,7,10,12,14,17H,5-6,8-9H2,1H3. The Hall–Kier alpha value is -1.75. The largest absolute Gasteiger partial charge is 0.313 e. The van der Waals surface area contributed by atoms with Crippen LogP contribution in [0.15, 0.2) is 30.6 Å². The number of nitrogens with one attached hydrogen (secondary N) is 1. The molecule has 1 aromatic carbocycles. The molecule has 3 rings (SSSR count). The van der Waals surface area contributed by atoms with Crippen molar-refractivity contribution in [3.63, 3.8) is 0 Å². The van der Waals surface area contributed by atoms with Gasteiger partial charge in [-0.1, -0.05) is 12.1 Å². The van der Waals surface area contributed by atoms with Gasteiger partial charge in [-0.2, -0.15) is 5.10 Å². The Balaban J connectivity index is 1.40. The molecule has 2 aromatic rings. The zero-order valence-corrected chi connectivity index (χ0v) is 11.6. The average Bonchev–Trinajstić information content (AvgIpc) is 2.78. The van der Waals surface area contributed by atoms with Crippen LogP contribution in [-0.2, 0) is 13.5 Å².